The molecule has 0 aromatic rings. The molecule has 0 nitrogen and oxygen atoms in total. The van der Waals surface area contributed by atoms with Gasteiger partial charge in [-0.1, -0.05) is 13.8 Å². The summed E-state index contributed by atoms with van der Waals surface area (Å²) in [6.45, 7) is 4.26. The first-order valence-electron chi connectivity index (χ1n) is 5.58. The van der Waals surface area contributed by atoms with E-state index in [1.165, 1.54) is 0 Å². The first kappa shape index (κ1) is 13.2. The van der Waals surface area contributed by atoms with Crippen molar-refractivity contribution in [3.63, 3.8) is 0 Å². The highest BCUT2D eigenvalue weighted by Gasteiger charge is 2.41. The van der Waals surface area contributed by atoms with Crippen molar-refractivity contribution < 1.29 is 13.2 Å². The van der Waals surface area contributed by atoms with Gasteiger partial charge in [0.05, 0.1) is 5.92 Å². The van der Waals surface area contributed by atoms with Gasteiger partial charge in [0, 0.05) is 0 Å². The quantitative estimate of drug-likeness (QED) is 0.700. The molecule has 0 N–H and O–H groups in total. The zero-order valence-electron chi connectivity index (χ0n) is 9.31. The third-order valence-corrected chi connectivity index (χ3v) is 4.31. The zero-order valence-corrected chi connectivity index (χ0v) is 10.1. The van der Waals surface area contributed by atoms with Crippen LogP contribution in [0.3, 0.4) is 0 Å². The van der Waals surface area contributed by atoms with Gasteiger partial charge >= 0.3 is 6.18 Å². The zero-order chi connectivity index (χ0) is 11.5. The molecule has 0 unspecified atom stereocenters. The minimum Gasteiger partial charge on any atom is -0.171 e. The Balaban J connectivity index is 2.24. The van der Waals surface area contributed by atoms with Crippen molar-refractivity contribution in [2.75, 3.05) is 5.75 Å². The molecule has 0 aromatic heterocycles. The van der Waals surface area contributed by atoms with Gasteiger partial charge in [-0.25, -0.2) is 0 Å². The summed E-state index contributed by atoms with van der Waals surface area (Å²) in [5.74, 6) is 0.510. The summed E-state index contributed by atoms with van der Waals surface area (Å²) in [5.41, 5.74) is 0. The second-order valence-corrected chi connectivity index (χ2v) is 6.25. The molecular weight excluding hydrogens is 221 g/mol. The second kappa shape index (κ2) is 5.46. The van der Waals surface area contributed by atoms with Crippen LogP contribution in [-0.4, -0.2) is 17.2 Å². The van der Waals surface area contributed by atoms with Crippen molar-refractivity contribution in [3.8, 4) is 0 Å². The number of halogens is 3. The first-order valence-corrected chi connectivity index (χ1v) is 6.62. The maximum Gasteiger partial charge on any atom is 0.391 e. The molecule has 0 radical (unpaired) electrons. The topological polar surface area (TPSA) is 0 Å². The molecule has 1 fully saturated rings. The molecule has 0 bridgehead atoms. The first-order chi connectivity index (χ1) is 6.89. The molecular formula is C11H19F3S. The average Bonchev–Trinajstić information content (AvgIpc) is 2.14. The van der Waals surface area contributed by atoms with Gasteiger partial charge in [-0.05, 0) is 42.6 Å². The lowest BCUT2D eigenvalue weighted by Gasteiger charge is -2.29. The van der Waals surface area contributed by atoms with Crippen LogP contribution >= 0.6 is 11.8 Å². The van der Waals surface area contributed by atoms with E-state index in [-0.39, 0.29) is 0 Å². The third kappa shape index (κ3) is 4.66. The van der Waals surface area contributed by atoms with Crippen LogP contribution in [0.2, 0.25) is 0 Å². The highest BCUT2D eigenvalue weighted by molar-refractivity contribution is 7.99. The second-order valence-electron chi connectivity index (χ2n) is 4.64. The smallest absolute Gasteiger partial charge is 0.171 e. The monoisotopic (exact) mass is 240 g/mol. The van der Waals surface area contributed by atoms with Gasteiger partial charge in [0.15, 0.2) is 0 Å². The van der Waals surface area contributed by atoms with Gasteiger partial charge < -0.3 is 0 Å². The van der Waals surface area contributed by atoms with Crippen molar-refractivity contribution in [1.82, 2.24) is 0 Å². The lowest BCUT2D eigenvalue weighted by atomic mass is 9.82. The van der Waals surface area contributed by atoms with E-state index in [0.29, 0.717) is 24.0 Å². The van der Waals surface area contributed by atoms with Crippen LogP contribution in [0.5, 0.6) is 0 Å². The van der Waals surface area contributed by atoms with Crippen LogP contribution in [0.15, 0.2) is 0 Å². The molecule has 90 valence electrons. The molecule has 1 saturated carbocycles. The summed E-state index contributed by atoms with van der Waals surface area (Å²) >= 11 is 1.87. The minimum atomic E-state index is -3.96. The molecule has 15 heavy (non-hydrogen) atoms. The van der Waals surface area contributed by atoms with E-state index >= 15 is 0 Å². The van der Waals surface area contributed by atoms with Crippen molar-refractivity contribution >= 4 is 11.8 Å². The van der Waals surface area contributed by atoms with E-state index in [9.17, 15) is 13.2 Å². The Hall–Kier alpha value is 0.140. The van der Waals surface area contributed by atoms with Crippen molar-refractivity contribution in [2.45, 2.75) is 51.0 Å². The van der Waals surface area contributed by atoms with E-state index in [1.807, 2.05) is 11.8 Å². The highest BCUT2D eigenvalue weighted by atomic mass is 32.2. The fourth-order valence-electron chi connectivity index (χ4n) is 1.98. The Labute approximate surface area is 94.0 Å². The molecule has 1 rings (SSSR count). The van der Waals surface area contributed by atoms with E-state index in [4.69, 9.17) is 0 Å². The molecule has 0 atom stereocenters. The summed E-state index contributed by atoms with van der Waals surface area (Å²) < 4.78 is 37.1. The summed E-state index contributed by atoms with van der Waals surface area (Å²) in [4.78, 5) is 0. The SMILES string of the molecule is CC(C)SCC1CCC(C(F)(F)F)CC1. The Bertz CT molecular complexity index is 181. The highest BCUT2D eigenvalue weighted by Crippen LogP contribution is 2.40. The average molecular weight is 240 g/mol. The number of hydrogen-bond donors (Lipinski definition) is 0. The molecule has 0 amide bonds. The number of alkyl halides is 3. The summed E-state index contributed by atoms with van der Waals surface area (Å²) in [6.07, 6.45) is -1.77. The van der Waals surface area contributed by atoms with Crippen LogP contribution in [0, 0.1) is 11.8 Å². The summed E-state index contributed by atoms with van der Waals surface area (Å²) in [6, 6.07) is 0. The summed E-state index contributed by atoms with van der Waals surface area (Å²) in [7, 11) is 0. The number of thioether (sulfide) groups is 1. The van der Waals surface area contributed by atoms with Crippen LogP contribution in [0.25, 0.3) is 0 Å². The van der Waals surface area contributed by atoms with Gasteiger partial charge in [-0.15, -0.1) is 0 Å². The van der Waals surface area contributed by atoms with E-state index in [2.05, 4.69) is 13.8 Å². The Morgan fingerprint density at radius 1 is 1.13 bits per heavy atom. The minimum absolute atomic E-state index is 0.340. The van der Waals surface area contributed by atoms with E-state index < -0.39 is 12.1 Å². The fraction of sp³-hybridized carbons (Fsp3) is 1.00. The Kier molecular flexibility index (Phi) is 4.81. The molecule has 0 spiro atoms. The molecule has 0 heterocycles. The lowest BCUT2D eigenvalue weighted by Crippen LogP contribution is -2.28. The molecule has 0 saturated heterocycles. The number of hydrogen-bond acceptors (Lipinski definition) is 1. The third-order valence-electron chi connectivity index (χ3n) is 2.97. The van der Waals surface area contributed by atoms with Crippen LogP contribution < -0.4 is 0 Å². The maximum atomic E-state index is 12.4. The molecule has 0 aromatic carbocycles. The van der Waals surface area contributed by atoms with Crippen molar-refractivity contribution in [2.24, 2.45) is 11.8 Å². The number of rotatable bonds is 3. The van der Waals surface area contributed by atoms with Crippen LogP contribution in [-0.2, 0) is 0 Å². The van der Waals surface area contributed by atoms with Crippen molar-refractivity contribution in [3.05, 3.63) is 0 Å². The molecule has 0 aliphatic heterocycles. The lowest BCUT2D eigenvalue weighted by molar-refractivity contribution is -0.183. The molecule has 4 heteroatoms. The molecule has 1 aliphatic rings. The van der Waals surface area contributed by atoms with E-state index in [1.54, 1.807) is 0 Å². The Morgan fingerprint density at radius 3 is 2.07 bits per heavy atom. The van der Waals surface area contributed by atoms with E-state index in [0.717, 1.165) is 18.6 Å². The van der Waals surface area contributed by atoms with Crippen LogP contribution in [0.1, 0.15) is 39.5 Å². The summed E-state index contributed by atoms with van der Waals surface area (Å²) in [5, 5.41) is 0.588. The van der Waals surface area contributed by atoms with Gasteiger partial charge in [-0.3, -0.25) is 0 Å². The Morgan fingerprint density at radius 2 is 1.67 bits per heavy atom. The van der Waals surface area contributed by atoms with Crippen LogP contribution in [0.4, 0.5) is 13.2 Å². The van der Waals surface area contributed by atoms with Gasteiger partial charge in [0.25, 0.3) is 0 Å². The predicted molar refractivity (Wildman–Crippen MR) is 59.1 cm³/mol. The predicted octanol–water partition coefficient (Wildman–Crippen LogP) is 4.50. The molecule has 1 aliphatic carbocycles. The van der Waals surface area contributed by atoms with Gasteiger partial charge in [0.2, 0.25) is 0 Å². The normalized spacial score (nSPS) is 28.4. The largest absolute Gasteiger partial charge is 0.391 e. The standard InChI is InChI=1S/C11H19F3S/c1-8(2)15-7-9-3-5-10(6-4-9)11(12,13)14/h8-10H,3-7H2,1-2H3. The van der Waals surface area contributed by atoms with Gasteiger partial charge in [-0.2, -0.15) is 24.9 Å². The van der Waals surface area contributed by atoms with Gasteiger partial charge in [0.1, 0.15) is 0 Å². The fourth-order valence-corrected chi connectivity index (χ4v) is 2.98. The maximum absolute atomic E-state index is 12.4. The van der Waals surface area contributed by atoms with Crippen molar-refractivity contribution in [1.29, 1.82) is 0 Å².